The van der Waals surface area contributed by atoms with E-state index in [1.54, 1.807) is 6.07 Å². The lowest BCUT2D eigenvalue weighted by Gasteiger charge is -2.06. The molecule has 0 amide bonds. The summed E-state index contributed by atoms with van der Waals surface area (Å²) in [6.07, 6.45) is -2.74. The van der Waals surface area contributed by atoms with Gasteiger partial charge in [-0.05, 0) is 6.07 Å². The third kappa shape index (κ3) is 4.31. The molecular weight excluding hydrogens is 298 g/mol. The van der Waals surface area contributed by atoms with Crippen LogP contribution in [0, 0.1) is 0 Å². The van der Waals surface area contributed by atoms with Crippen molar-refractivity contribution in [3.63, 3.8) is 0 Å². The largest absolute Gasteiger partial charge is 0.390 e. The van der Waals surface area contributed by atoms with E-state index in [4.69, 9.17) is 4.84 Å². The van der Waals surface area contributed by atoms with Gasteiger partial charge in [-0.2, -0.15) is 0 Å². The van der Waals surface area contributed by atoms with Crippen LogP contribution in [0.15, 0.2) is 53.7 Å². The lowest BCUT2D eigenvalue weighted by molar-refractivity contribution is 0.120. The average molecular weight is 310 g/mol. The first-order valence-electron chi connectivity index (χ1n) is 6.40. The highest BCUT2D eigenvalue weighted by molar-refractivity contribution is 5.79. The minimum absolute atomic E-state index is 0.127. The van der Waals surface area contributed by atoms with Gasteiger partial charge in [-0.25, -0.2) is 17.6 Å². The van der Waals surface area contributed by atoms with Crippen LogP contribution in [0.2, 0.25) is 0 Å². The number of rotatable bonds is 6. The summed E-state index contributed by atoms with van der Waals surface area (Å²) < 4.78 is 50.5. The first kappa shape index (κ1) is 16.0. The van der Waals surface area contributed by atoms with Crippen LogP contribution in [-0.4, -0.2) is 6.21 Å². The van der Waals surface area contributed by atoms with Crippen molar-refractivity contribution in [3.05, 3.63) is 70.8 Å². The zero-order valence-corrected chi connectivity index (χ0v) is 11.3. The third-order valence-electron chi connectivity index (χ3n) is 2.89. The highest BCUT2D eigenvalue weighted by atomic mass is 19.3. The van der Waals surface area contributed by atoms with Gasteiger partial charge in [0.05, 0.1) is 0 Å². The molecule has 0 aromatic heterocycles. The van der Waals surface area contributed by atoms with Crippen molar-refractivity contribution in [1.82, 2.24) is 0 Å². The molecule has 2 rings (SSSR count). The minimum Gasteiger partial charge on any atom is -0.390 e. The number of hydrogen-bond acceptors (Lipinski definition) is 2. The van der Waals surface area contributed by atoms with E-state index in [1.165, 1.54) is 42.5 Å². The van der Waals surface area contributed by atoms with Gasteiger partial charge in [-0.15, -0.1) is 0 Å². The molecule has 0 aliphatic heterocycles. The summed E-state index contributed by atoms with van der Waals surface area (Å²) in [6.45, 7) is -0.151. The quantitative estimate of drug-likeness (QED) is 0.418. The molecule has 0 aliphatic carbocycles. The maximum Gasteiger partial charge on any atom is 0.264 e. The Labute approximate surface area is 125 Å². The van der Waals surface area contributed by atoms with Gasteiger partial charge in [-0.3, -0.25) is 0 Å². The second kappa shape index (κ2) is 7.59. The third-order valence-corrected chi connectivity index (χ3v) is 2.89. The molecule has 0 bridgehead atoms. The minimum atomic E-state index is -2.60. The van der Waals surface area contributed by atoms with Gasteiger partial charge in [-0.1, -0.05) is 47.6 Å². The Kier molecular flexibility index (Phi) is 5.52. The molecule has 0 spiro atoms. The topological polar surface area (TPSA) is 21.6 Å². The highest BCUT2D eigenvalue weighted by Crippen LogP contribution is 2.23. The van der Waals surface area contributed by atoms with Crippen molar-refractivity contribution in [2.75, 3.05) is 0 Å². The fourth-order valence-electron chi connectivity index (χ4n) is 1.81. The van der Waals surface area contributed by atoms with Gasteiger partial charge < -0.3 is 4.84 Å². The number of hydrogen-bond donors (Lipinski definition) is 0. The Morgan fingerprint density at radius 3 is 2.45 bits per heavy atom. The molecule has 2 aromatic rings. The summed E-state index contributed by atoms with van der Waals surface area (Å²) in [4.78, 5) is 4.91. The first-order valence-corrected chi connectivity index (χ1v) is 6.40. The van der Waals surface area contributed by atoms with Gasteiger partial charge in [0, 0.05) is 22.3 Å². The SMILES string of the molecule is FC(F)c1cccc(/[C]=N\OCc2ccccc2C(F)F)c1. The maximum absolute atomic E-state index is 12.7. The maximum atomic E-state index is 12.7. The second-order valence-corrected chi connectivity index (χ2v) is 4.40. The Balaban J connectivity index is 1.98. The van der Waals surface area contributed by atoms with E-state index in [0.717, 1.165) is 0 Å². The fraction of sp³-hybridized carbons (Fsp3) is 0.188. The zero-order chi connectivity index (χ0) is 15.9. The summed E-state index contributed by atoms with van der Waals surface area (Å²) in [7, 11) is 0. The van der Waals surface area contributed by atoms with Crippen molar-refractivity contribution in [2.24, 2.45) is 5.16 Å². The van der Waals surface area contributed by atoms with E-state index in [9.17, 15) is 17.6 Å². The Hall–Kier alpha value is -2.37. The number of benzene rings is 2. The summed E-state index contributed by atoms with van der Waals surface area (Å²) in [5, 5.41) is 3.50. The molecule has 2 aromatic carbocycles. The average Bonchev–Trinajstić information content (AvgIpc) is 2.52. The van der Waals surface area contributed by atoms with E-state index in [0.29, 0.717) is 11.1 Å². The molecule has 2 nitrogen and oxygen atoms in total. The van der Waals surface area contributed by atoms with E-state index in [2.05, 4.69) is 11.4 Å². The van der Waals surface area contributed by atoms with Gasteiger partial charge >= 0.3 is 0 Å². The zero-order valence-electron chi connectivity index (χ0n) is 11.3. The normalized spacial score (nSPS) is 11.5. The van der Waals surface area contributed by atoms with Crippen LogP contribution in [0.3, 0.4) is 0 Å². The molecule has 6 heteroatoms. The van der Waals surface area contributed by atoms with Crippen molar-refractivity contribution >= 4 is 6.21 Å². The molecule has 1 radical (unpaired) electrons. The predicted molar refractivity (Wildman–Crippen MR) is 74.1 cm³/mol. The molecule has 0 N–H and O–H groups in total. The van der Waals surface area contributed by atoms with Crippen LogP contribution in [0.5, 0.6) is 0 Å². The molecular formula is C16H12F4NO. The Morgan fingerprint density at radius 1 is 0.955 bits per heavy atom. The number of alkyl halides is 4. The summed E-state index contributed by atoms with van der Waals surface area (Å²) in [5.74, 6) is 0. The molecule has 0 heterocycles. The molecule has 0 saturated heterocycles. The van der Waals surface area contributed by atoms with Crippen LogP contribution >= 0.6 is 0 Å². The molecule has 0 atom stereocenters. The summed E-state index contributed by atoms with van der Waals surface area (Å²) in [5.41, 5.74) is 0.352. The Bertz CT molecular complexity index is 644. The summed E-state index contributed by atoms with van der Waals surface area (Å²) in [6, 6.07) is 11.4. The number of halogens is 4. The van der Waals surface area contributed by atoms with E-state index < -0.39 is 12.9 Å². The van der Waals surface area contributed by atoms with Crippen molar-refractivity contribution < 1.29 is 22.4 Å². The lowest BCUT2D eigenvalue weighted by Crippen LogP contribution is -1.96. The smallest absolute Gasteiger partial charge is 0.264 e. The Morgan fingerprint density at radius 2 is 1.73 bits per heavy atom. The molecule has 22 heavy (non-hydrogen) atoms. The van der Waals surface area contributed by atoms with Crippen LogP contribution in [0.25, 0.3) is 0 Å². The van der Waals surface area contributed by atoms with E-state index >= 15 is 0 Å². The van der Waals surface area contributed by atoms with Crippen molar-refractivity contribution in [1.29, 1.82) is 0 Å². The molecule has 0 aliphatic rings. The van der Waals surface area contributed by atoms with Crippen molar-refractivity contribution in [3.8, 4) is 0 Å². The van der Waals surface area contributed by atoms with Gasteiger partial charge in [0.2, 0.25) is 0 Å². The van der Waals surface area contributed by atoms with Crippen LogP contribution < -0.4 is 0 Å². The van der Waals surface area contributed by atoms with Gasteiger partial charge in [0.25, 0.3) is 12.9 Å². The standard InChI is InChI=1S/C16H12F4NO/c17-15(18)12-6-3-4-11(8-12)9-21-22-10-13-5-1-2-7-14(13)16(19)20/h1-8,15-16H,10H2. The van der Waals surface area contributed by atoms with E-state index in [-0.39, 0.29) is 17.7 Å². The fourth-order valence-corrected chi connectivity index (χ4v) is 1.81. The molecule has 115 valence electrons. The predicted octanol–water partition coefficient (Wildman–Crippen LogP) is 4.99. The highest BCUT2D eigenvalue weighted by Gasteiger charge is 2.12. The van der Waals surface area contributed by atoms with Gasteiger partial charge in [0.1, 0.15) is 12.8 Å². The van der Waals surface area contributed by atoms with Crippen LogP contribution in [0.1, 0.15) is 35.1 Å². The van der Waals surface area contributed by atoms with E-state index in [1.807, 2.05) is 0 Å². The first-order chi connectivity index (χ1) is 10.6. The molecule has 0 fully saturated rings. The lowest BCUT2D eigenvalue weighted by atomic mass is 10.1. The molecule has 0 unspecified atom stereocenters. The van der Waals surface area contributed by atoms with Gasteiger partial charge in [0.15, 0.2) is 0 Å². The van der Waals surface area contributed by atoms with Crippen LogP contribution in [-0.2, 0) is 11.4 Å². The molecule has 0 saturated carbocycles. The second-order valence-electron chi connectivity index (χ2n) is 4.40. The number of nitrogens with zero attached hydrogens (tertiary/aromatic N) is 1. The monoisotopic (exact) mass is 310 g/mol. The van der Waals surface area contributed by atoms with Crippen molar-refractivity contribution in [2.45, 2.75) is 19.5 Å². The summed E-state index contributed by atoms with van der Waals surface area (Å²) >= 11 is 0. The van der Waals surface area contributed by atoms with Crippen LogP contribution in [0.4, 0.5) is 17.6 Å².